The standard InChI is InChI=1S/C25H28BIN6O3S/c1-30-24(35)15-37-22-12-18(27)20(29-25(22)30)14-33(26)16-5-7-31(8-6-16)9-10-32-21-11-17(36-2)3-4-19(21)28-13-23(32)34/h3-4,11-13,16H,5-10,14-15H2,1-2H3. The molecule has 1 saturated heterocycles. The van der Waals surface area contributed by atoms with E-state index in [1.165, 1.54) is 18.0 Å². The van der Waals surface area contributed by atoms with Crippen molar-refractivity contribution in [3.05, 3.63) is 50.1 Å². The van der Waals surface area contributed by atoms with Gasteiger partial charge in [-0.25, -0.2) is 9.97 Å². The lowest BCUT2D eigenvalue weighted by Gasteiger charge is -2.37. The van der Waals surface area contributed by atoms with E-state index in [4.69, 9.17) is 17.7 Å². The highest BCUT2D eigenvalue weighted by Crippen LogP contribution is 2.35. The van der Waals surface area contributed by atoms with Gasteiger partial charge in [-0.05, 0) is 66.7 Å². The van der Waals surface area contributed by atoms with Gasteiger partial charge in [0.25, 0.3) is 5.56 Å². The summed E-state index contributed by atoms with van der Waals surface area (Å²) in [5, 5.41) is 0. The molecule has 2 radical (unpaired) electrons. The van der Waals surface area contributed by atoms with Gasteiger partial charge in [-0.15, -0.1) is 11.8 Å². The third-order valence-corrected chi connectivity index (χ3v) is 9.03. The number of carbonyl (C=O) groups excluding carboxylic acids is 1. The Morgan fingerprint density at radius 3 is 2.76 bits per heavy atom. The van der Waals surface area contributed by atoms with Gasteiger partial charge in [-0.3, -0.25) is 14.5 Å². The molecule has 1 fully saturated rings. The number of thioether (sulfide) groups is 1. The number of methoxy groups -OCH3 is 1. The van der Waals surface area contributed by atoms with Crippen LogP contribution < -0.4 is 15.2 Å². The molecule has 0 atom stereocenters. The number of hydrogen-bond donors (Lipinski definition) is 0. The highest BCUT2D eigenvalue weighted by molar-refractivity contribution is 14.1. The van der Waals surface area contributed by atoms with Gasteiger partial charge in [0, 0.05) is 42.4 Å². The molecule has 192 valence electrons. The summed E-state index contributed by atoms with van der Waals surface area (Å²) in [7, 11) is 9.92. The number of rotatable bonds is 7. The molecular formula is C25H28BIN6O3S. The van der Waals surface area contributed by atoms with E-state index >= 15 is 0 Å². The van der Waals surface area contributed by atoms with Crippen molar-refractivity contribution in [2.75, 3.05) is 44.4 Å². The van der Waals surface area contributed by atoms with Gasteiger partial charge in [0.2, 0.25) is 5.91 Å². The average molecular weight is 630 g/mol. The van der Waals surface area contributed by atoms with Crippen molar-refractivity contribution in [1.29, 1.82) is 0 Å². The van der Waals surface area contributed by atoms with Crippen LogP contribution in [0.5, 0.6) is 5.75 Å². The molecule has 37 heavy (non-hydrogen) atoms. The van der Waals surface area contributed by atoms with Crippen LogP contribution in [0.4, 0.5) is 5.82 Å². The molecule has 2 aromatic heterocycles. The van der Waals surface area contributed by atoms with E-state index < -0.39 is 0 Å². The van der Waals surface area contributed by atoms with Gasteiger partial charge < -0.3 is 19.0 Å². The second kappa shape index (κ2) is 11.3. The second-order valence-corrected chi connectivity index (χ2v) is 11.5. The number of ether oxygens (including phenoxy) is 1. The molecule has 0 spiro atoms. The minimum Gasteiger partial charge on any atom is -0.497 e. The molecule has 3 aromatic rings. The summed E-state index contributed by atoms with van der Waals surface area (Å²) in [6.07, 6.45) is 3.26. The van der Waals surface area contributed by atoms with Gasteiger partial charge in [-0.2, -0.15) is 0 Å². The minimum atomic E-state index is -0.110. The fourth-order valence-electron chi connectivity index (χ4n) is 4.83. The number of piperidine rings is 1. The van der Waals surface area contributed by atoms with Crippen molar-refractivity contribution in [3.8, 4) is 5.75 Å². The first-order valence-corrected chi connectivity index (χ1v) is 14.3. The van der Waals surface area contributed by atoms with E-state index in [2.05, 4.69) is 38.5 Å². The summed E-state index contributed by atoms with van der Waals surface area (Å²) in [5.41, 5.74) is 2.35. The molecule has 0 saturated carbocycles. The van der Waals surface area contributed by atoms with Gasteiger partial charge in [0.1, 0.15) is 11.6 Å². The molecule has 1 amide bonds. The van der Waals surface area contributed by atoms with Crippen molar-refractivity contribution in [3.63, 3.8) is 0 Å². The van der Waals surface area contributed by atoms with Crippen molar-refractivity contribution >= 4 is 65.1 Å². The Labute approximate surface area is 235 Å². The number of benzene rings is 1. The summed E-state index contributed by atoms with van der Waals surface area (Å²) >= 11 is 3.84. The van der Waals surface area contributed by atoms with Gasteiger partial charge >= 0.3 is 0 Å². The van der Waals surface area contributed by atoms with Crippen molar-refractivity contribution < 1.29 is 9.53 Å². The first-order chi connectivity index (χ1) is 17.8. The molecular weight excluding hydrogens is 602 g/mol. The van der Waals surface area contributed by atoms with Crippen molar-refractivity contribution in [2.45, 2.75) is 36.9 Å². The fourth-order valence-corrected chi connectivity index (χ4v) is 6.63. The molecule has 12 heteroatoms. The zero-order valence-electron chi connectivity index (χ0n) is 20.9. The van der Waals surface area contributed by atoms with Gasteiger partial charge in [0.15, 0.2) is 7.98 Å². The topological polar surface area (TPSA) is 83.8 Å². The monoisotopic (exact) mass is 630 g/mol. The van der Waals surface area contributed by atoms with Gasteiger partial charge in [-0.1, -0.05) is 0 Å². The highest BCUT2D eigenvalue weighted by atomic mass is 127. The Bertz CT molecular complexity index is 1380. The van der Waals surface area contributed by atoms with E-state index in [0.29, 0.717) is 24.6 Å². The number of fused-ring (bicyclic) bond motifs is 2. The smallest absolute Gasteiger partial charge is 0.269 e. The largest absolute Gasteiger partial charge is 0.497 e. The summed E-state index contributed by atoms with van der Waals surface area (Å²) in [6, 6.07) is 7.93. The summed E-state index contributed by atoms with van der Waals surface area (Å²) in [6.45, 7) is 3.70. The quantitative estimate of drug-likeness (QED) is 0.291. The van der Waals surface area contributed by atoms with Crippen LogP contribution in [0.15, 0.2) is 40.2 Å². The molecule has 0 N–H and O–H groups in total. The molecule has 0 unspecified atom stereocenters. The van der Waals surface area contributed by atoms with Crippen LogP contribution in [-0.4, -0.2) is 83.7 Å². The lowest BCUT2D eigenvalue weighted by Crippen LogP contribution is -2.45. The van der Waals surface area contributed by atoms with E-state index in [9.17, 15) is 9.59 Å². The fraction of sp³-hybridized carbons (Fsp3) is 0.440. The maximum absolute atomic E-state index is 12.6. The van der Waals surface area contributed by atoms with Crippen LogP contribution in [0.25, 0.3) is 11.0 Å². The second-order valence-electron chi connectivity index (χ2n) is 9.33. The lowest BCUT2D eigenvalue weighted by molar-refractivity contribution is -0.116. The lowest BCUT2D eigenvalue weighted by atomic mass is 9.99. The zero-order chi connectivity index (χ0) is 26.1. The Kier molecular flexibility index (Phi) is 8.08. The maximum Gasteiger partial charge on any atom is 0.269 e. The summed E-state index contributed by atoms with van der Waals surface area (Å²) < 4.78 is 8.17. The van der Waals surface area contributed by atoms with Crippen LogP contribution >= 0.6 is 34.4 Å². The van der Waals surface area contributed by atoms with E-state index in [1.807, 2.05) is 23.0 Å². The van der Waals surface area contributed by atoms with Crippen molar-refractivity contribution in [1.82, 2.24) is 24.2 Å². The average Bonchev–Trinajstić information content (AvgIpc) is 2.91. The van der Waals surface area contributed by atoms with Gasteiger partial charge in [0.05, 0.1) is 40.7 Å². The molecule has 0 bridgehead atoms. The maximum atomic E-state index is 12.6. The molecule has 9 nitrogen and oxygen atoms in total. The number of nitrogens with zero attached hydrogens (tertiary/aromatic N) is 6. The Balaban J connectivity index is 1.19. The predicted octanol–water partition coefficient (Wildman–Crippen LogP) is 2.52. The minimum absolute atomic E-state index is 0.0651. The van der Waals surface area contributed by atoms with Crippen LogP contribution in [-0.2, 0) is 17.9 Å². The van der Waals surface area contributed by atoms with E-state index in [1.54, 1.807) is 23.6 Å². The summed E-state index contributed by atoms with van der Waals surface area (Å²) in [4.78, 5) is 40.7. The van der Waals surface area contributed by atoms with Crippen LogP contribution in [0.1, 0.15) is 18.5 Å². The Morgan fingerprint density at radius 2 is 2.00 bits per heavy atom. The predicted molar refractivity (Wildman–Crippen MR) is 154 cm³/mol. The molecule has 2 aliphatic heterocycles. The number of aromatic nitrogens is 3. The number of pyridine rings is 1. The molecule has 2 aliphatic rings. The van der Waals surface area contributed by atoms with Crippen LogP contribution in [0.2, 0.25) is 0 Å². The molecule has 1 aromatic carbocycles. The number of likely N-dealkylation sites (tertiary alicyclic amines) is 1. The molecule has 5 rings (SSSR count). The van der Waals surface area contributed by atoms with Crippen molar-refractivity contribution in [2.24, 2.45) is 0 Å². The molecule has 4 heterocycles. The normalized spacial score (nSPS) is 17.0. The first-order valence-electron chi connectivity index (χ1n) is 12.2. The number of halogens is 1. The SMILES string of the molecule is [B]N(Cc1nc2c(cc1I)SCC(=O)N2C)C1CCN(CCn2c(=O)cnc3ccc(OC)cc32)CC1. The molecule has 0 aliphatic carbocycles. The summed E-state index contributed by atoms with van der Waals surface area (Å²) in [5.74, 6) is 1.94. The number of amides is 1. The van der Waals surface area contributed by atoms with E-state index in [-0.39, 0.29) is 17.5 Å². The van der Waals surface area contributed by atoms with Crippen LogP contribution in [0, 0.1) is 3.57 Å². The number of carbonyl (C=O) groups is 1. The first kappa shape index (κ1) is 26.5. The third-order valence-electron chi connectivity index (χ3n) is 7.09. The highest BCUT2D eigenvalue weighted by Gasteiger charge is 2.26. The van der Waals surface area contributed by atoms with E-state index in [0.717, 1.165) is 63.5 Å². The third kappa shape index (κ3) is 5.66. The Hall–Kier alpha value is -2.16. The Morgan fingerprint density at radius 1 is 1.22 bits per heavy atom. The number of anilines is 1. The van der Waals surface area contributed by atoms with Crippen LogP contribution in [0.3, 0.4) is 0 Å². The zero-order valence-corrected chi connectivity index (χ0v) is 23.9. The number of hydrogen-bond acceptors (Lipinski definition) is 8.